The number of ether oxygens (including phenoxy) is 1. The molecule has 5 heteroatoms. The van der Waals surface area contributed by atoms with Gasteiger partial charge in [-0.05, 0) is 19.4 Å². The highest BCUT2D eigenvalue weighted by atomic mass is 16.5. The molecule has 19 heavy (non-hydrogen) atoms. The van der Waals surface area contributed by atoms with E-state index in [1.54, 1.807) is 6.92 Å². The number of amidine groups is 1. The SMILES string of the molecule is CCOC(=O)C(C(N)=NCc1ccccc1)=C(C)O. The molecule has 0 saturated carbocycles. The molecule has 5 nitrogen and oxygen atoms in total. The minimum atomic E-state index is -0.670. The van der Waals surface area contributed by atoms with Crippen molar-refractivity contribution in [2.24, 2.45) is 10.7 Å². The van der Waals surface area contributed by atoms with Gasteiger partial charge in [-0.2, -0.15) is 0 Å². The molecule has 1 aromatic rings. The number of hydrogen-bond donors (Lipinski definition) is 2. The van der Waals surface area contributed by atoms with Crippen LogP contribution in [0.2, 0.25) is 0 Å². The molecular formula is C14H18N2O3. The Bertz CT molecular complexity index is 489. The van der Waals surface area contributed by atoms with Crippen LogP contribution in [0.5, 0.6) is 0 Å². The van der Waals surface area contributed by atoms with Crippen molar-refractivity contribution in [3.05, 3.63) is 47.2 Å². The topological polar surface area (TPSA) is 84.9 Å². The number of benzene rings is 1. The van der Waals surface area contributed by atoms with Gasteiger partial charge in [-0.15, -0.1) is 0 Å². The number of aliphatic hydroxyl groups excluding tert-OH is 1. The number of rotatable bonds is 5. The number of aliphatic hydroxyl groups is 1. The van der Waals surface area contributed by atoms with E-state index in [1.807, 2.05) is 30.3 Å². The maximum absolute atomic E-state index is 11.6. The second-order valence-electron chi connectivity index (χ2n) is 3.87. The van der Waals surface area contributed by atoms with Crippen molar-refractivity contribution < 1.29 is 14.6 Å². The van der Waals surface area contributed by atoms with E-state index in [9.17, 15) is 9.90 Å². The van der Waals surface area contributed by atoms with Crippen LogP contribution >= 0.6 is 0 Å². The molecule has 0 aromatic heterocycles. The van der Waals surface area contributed by atoms with Gasteiger partial charge in [-0.25, -0.2) is 4.79 Å². The molecule has 0 atom stereocenters. The van der Waals surface area contributed by atoms with Crippen LogP contribution in [-0.2, 0) is 16.1 Å². The molecule has 0 aliphatic rings. The number of carbonyl (C=O) groups excluding carboxylic acids is 1. The third-order valence-corrected chi connectivity index (χ3v) is 2.37. The molecule has 0 bridgehead atoms. The van der Waals surface area contributed by atoms with E-state index in [2.05, 4.69) is 4.99 Å². The fourth-order valence-corrected chi connectivity index (χ4v) is 1.48. The molecule has 3 N–H and O–H groups in total. The van der Waals surface area contributed by atoms with Crippen LogP contribution in [0.25, 0.3) is 0 Å². The van der Waals surface area contributed by atoms with Crippen molar-refractivity contribution in [2.75, 3.05) is 6.61 Å². The molecule has 0 amide bonds. The summed E-state index contributed by atoms with van der Waals surface area (Å²) in [7, 11) is 0. The zero-order valence-corrected chi connectivity index (χ0v) is 11.1. The van der Waals surface area contributed by atoms with E-state index in [0.717, 1.165) is 5.56 Å². The summed E-state index contributed by atoms with van der Waals surface area (Å²) in [5, 5.41) is 9.49. The lowest BCUT2D eigenvalue weighted by Crippen LogP contribution is -2.24. The fourth-order valence-electron chi connectivity index (χ4n) is 1.48. The number of carbonyl (C=O) groups is 1. The van der Waals surface area contributed by atoms with E-state index in [0.29, 0.717) is 6.54 Å². The zero-order valence-electron chi connectivity index (χ0n) is 11.1. The molecule has 0 radical (unpaired) electrons. The molecule has 0 saturated heterocycles. The Morgan fingerprint density at radius 2 is 2.00 bits per heavy atom. The molecule has 0 heterocycles. The number of nitrogens with zero attached hydrogens (tertiary/aromatic N) is 1. The maximum Gasteiger partial charge on any atom is 0.345 e. The quantitative estimate of drug-likeness (QED) is 0.279. The molecule has 0 aliphatic carbocycles. The van der Waals surface area contributed by atoms with Gasteiger partial charge in [0, 0.05) is 0 Å². The van der Waals surface area contributed by atoms with Crippen LogP contribution in [0.15, 0.2) is 46.7 Å². The van der Waals surface area contributed by atoms with Gasteiger partial charge in [-0.3, -0.25) is 4.99 Å². The minimum absolute atomic E-state index is 0.0256. The number of nitrogens with two attached hydrogens (primary N) is 1. The predicted molar refractivity (Wildman–Crippen MR) is 73.7 cm³/mol. The van der Waals surface area contributed by atoms with Crippen LogP contribution < -0.4 is 5.73 Å². The highest BCUT2D eigenvalue weighted by Crippen LogP contribution is 2.07. The van der Waals surface area contributed by atoms with Crippen molar-refractivity contribution >= 4 is 11.8 Å². The average molecular weight is 262 g/mol. The summed E-state index contributed by atoms with van der Waals surface area (Å²) in [6.07, 6.45) is 0. The molecule has 102 valence electrons. The van der Waals surface area contributed by atoms with Gasteiger partial charge in [0.2, 0.25) is 0 Å². The van der Waals surface area contributed by atoms with Gasteiger partial charge in [0.1, 0.15) is 17.2 Å². The number of aliphatic imine (C=N–C) groups is 1. The molecule has 0 spiro atoms. The largest absolute Gasteiger partial charge is 0.512 e. The lowest BCUT2D eigenvalue weighted by molar-refractivity contribution is -0.138. The Labute approximate surface area is 112 Å². The summed E-state index contributed by atoms with van der Waals surface area (Å²) in [5.41, 5.74) is 6.61. The lowest BCUT2D eigenvalue weighted by Gasteiger charge is -2.07. The van der Waals surface area contributed by atoms with Crippen LogP contribution in [0.4, 0.5) is 0 Å². The summed E-state index contributed by atoms with van der Waals surface area (Å²) in [6, 6.07) is 9.48. The van der Waals surface area contributed by atoms with Crippen molar-refractivity contribution in [3.8, 4) is 0 Å². The highest BCUT2D eigenvalue weighted by molar-refractivity contribution is 6.18. The Hall–Kier alpha value is -2.30. The fraction of sp³-hybridized carbons (Fsp3) is 0.286. The van der Waals surface area contributed by atoms with Gasteiger partial charge >= 0.3 is 5.97 Å². The molecule has 1 rings (SSSR count). The van der Waals surface area contributed by atoms with Crippen molar-refractivity contribution in [1.82, 2.24) is 0 Å². The van der Waals surface area contributed by atoms with Crippen molar-refractivity contribution in [1.29, 1.82) is 0 Å². The summed E-state index contributed by atoms with van der Waals surface area (Å²) in [4.78, 5) is 15.7. The van der Waals surface area contributed by atoms with Crippen molar-refractivity contribution in [3.63, 3.8) is 0 Å². The Kier molecular flexibility index (Phi) is 5.60. The second-order valence-corrected chi connectivity index (χ2v) is 3.87. The van der Waals surface area contributed by atoms with Crippen LogP contribution in [0.1, 0.15) is 19.4 Å². The van der Waals surface area contributed by atoms with Crippen molar-refractivity contribution in [2.45, 2.75) is 20.4 Å². The van der Waals surface area contributed by atoms with Gasteiger partial charge in [0.15, 0.2) is 0 Å². The van der Waals surface area contributed by atoms with E-state index in [4.69, 9.17) is 10.5 Å². The maximum atomic E-state index is 11.6. The zero-order chi connectivity index (χ0) is 14.3. The summed E-state index contributed by atoms with van der Waals surface area (Å²) >= 11 is 0. The first-order valence-electron chi connectivity index (χ1n) is 5.97. The molecule has 0 aliphatic heterocycles. The smallest absolute Gasteiger partial charge is 0.345 e. The number of hydrogen-bond acceptors (Lipinski definition) is 4. The second kappa shape index (κ2) is 7.20. The van der Waals surface area contributed by atoms with Crippen LogP contribution in [-0.4, -0.2) is 23.5 Å². The summed E-state index contributed by atoms with van der Waals surface area (Å²) < 4.78 is 4.82. The first-order valence-corrected chi connectivity index (χ1v) is 5.97. The predicted octanol–water partition coefficient (Wildman–Crippen LogP) is 1.94. The first-order chi connectivity index (χ1) is 9.06. The highest BCUT2D eigenvalue weighted by Gasteiger charge is 2.18. The monoisotopic (exact) mass is 262 g/mol. The lowest BCUT2D eigenvalue weighted by atomic mass is 10.2. The van der Waals surface area contributed by atoms with E-state index in [1.165, 1.54) is 6.92 Å². The molecule has 0 fully saturated rings. The van der Waals surface area contributed by atoms with Gasteiger partial charge in [0.05, 0.1) is 13.2 Å². The normalized spacial score (nSPS) is 12.8. The van der Waals surface area contributed by atoms with E-state index >= 15 is 0 Å². The van der Waals surface area contributed by atoms with Gasteiger partial charge < -0.3 is 15.6 Å². The van der Waals surface area contributed by atoms with E-state index < -0.39 is 5.97 Å². The molecule has 0 unspecified atom stereocenters. The van der Waals surface area contributed by atoms with Crippen LogP contribution in [0.3, 0.4) is 0 Å². The molecular weight excluding hydrogens is 244 g/mol. The van der Waals surface area contributed by atoms with Crippen LogP contribution in [0, 0.1) is 0 Å². The summed E-state index contributed by atoms with van der Waals surface area (Å²) in [6.45, 7) is 3.60. The summed E-state index contributed by atoms with van der Waals surface area (Å²) in [5.74, 6) is -0.896. The standard InChI is InChI=1S/C14H18N2O3/c1-3-19-14(18)12(10(2)17)13(15)16-9-11-7-5-4-6-8-11/h4-8,17H,3,9H2,1-2H3,(H2,15,16). The van der Waals surface area contributed by atoms with Gasteiger partial charge in [0.25, 0.3) is 0 Å². The third kappa shape index (κ3) is 4.46. The Morgan fingerprint density at radius 1 is 1.37 bits per heavy atom. The number of allylic oxidation sites excluding steroid dienone is 1. The number of esters is 1. The van der Waals surface area contributed by atoms with E-state index in [-0.39, 0.29) is 23.8 Å². The van der Waals surface area contributed by atoms with Gasteiger partial charge in [-0.1, -0.05) is 30.3 Å². The molecule has 1 aromatic carbocycles. The Morgan fingerprint density at radius 3 is 2.53 bits per heavy atom. The first kappa shape index (κ1) is 14.8. The minimum Gasteiger partial charge on any atom is -0.512 e. The Balaban J connectivity index is 2.86. The average Bonchev–Trinajstić information content (AvgIpc) is 2.37. The third-order valence-electron chi connectivity index (χ3n) is 2.37.